The number of hydrogen-bond donors (Lipinski definition) is 3. The molecule has 0 aromatic heterocycles. The molecule has 1 saturated heterocycles. The number of nitrogens with zero attached hydrogens (tertiary/aromatic N) is 2. The van der Waals surface area contributed by atoms with Crippen molar-refractivity contribution < 1.29 is 14.7 Å². The molecular weight excluding hydrogens is 380 g/mol. The zero-order chi connectivity index (χ0) is 21.5. The van der Waals surface area contributed by atoms with E-state index in [0.717, 1.165) is 31.9 Å². The summed E-state index contributed by atoms with van der Waals surface area (Å²) in [6.45, 7) is 5.91. The number of para-hydroxylation sites is 1. The SMILES string of the molecule is Cc1ccccc1N1CCN(c2ccc(C(=O)NCCCCO)cc2C(N)=O)CC1. The van der Waals surface area contributed by atoms with E-state index in [1.807, 2.05) is 18.2 Å². The van der Waals surface area contributed by atoms with Gasteiger partial charge in [-0.25, -0.2) is 0 Å². The molecule has 2 amide bonds. The van der Waals surface area contributed by atoms with Gasteiger partial charge < -0.3 is 26.0 Å². The lowest BCUT2D eigenvalue weighted by Crippen LogP contribution is -2.47. The molecule has 1 fully saturated rings. The van der Waals surface area contributed by atoms with E-state index in [2.05, 4.69) is 34.2 Å². The number of amides is 2. The van der Waals surface area contributed by atoms with Gasteiger partial charge in [0.15, 0.2) is 0 Å². The molecule has 4 N–H and O–H groups in total. The first kappa shape index (κ1) is 21.6. The third-order valence-electron chi connectivity index (χ3n) is 5.47. The molecule has 1 heterocycles. The maximum absolute atomic E-state index is 12.4. The van der Waals surface area contributed by atoms with Gasteiger partial charge in [0, 0.05) is 56.3 Å². The fourth-order valence-electron chi connectivity index (χ4n) is 3.80. The van der Waals surface area contributed by atoms with Crippen LogP contribution in [0.15, 0.2) is 42.5 Å². The zero-order valence-corrected chi connectivity index (χ0v) is 17.4. The van der Waals surface area contributed by atoms with Crippen molar-refractivity contribution in [3.63, 3.8) is 0 Å². The minimum absolute atomic E-state index is 0.105. The van der Waals surface area contributed by atoms with Gasteiger partial charge in [-0.3, -0.25) is 9.59 Å². The molecule has 1 aliphatic heterocycles. The molecule has 7 nitrogen and oxygen atoms in total. The van der Waals surface area contributed by atoms with Crippen molar-refractivity contribution in [1.29, 1.82) is 0 Å². The van der Waals surface area contributed by atoms with Crippen molar-refractivity contribution in [2.75, 3.05) is 49.1 Å². The topological polar surface area (TPSA) is 98.9 Å². The number of unbranched alkanes of at least 4 members (excludes halogenated alkanes) is 1. The quantitative estimate of drug-likeness (QED) is 0.578. The Morgan fingerprint density at radius 1 is 1.00 bits per heavy atom. The first-order valence-corrected chi connectivity index (χ1v) is 10.4. The van der Waals surface area contributed by atoms with Crippen molar-refractivity contribution in [3.8, 4) is 0 Å². The predicted octanol–water partition coefficient (Wildman–Crippen LogP) is 1.92. The fraction of sp³-hybridized carbons (Fsp3) is 0.391. The third-order valence-corrected chi connectivity index (χ3v) is 5.47. The molecule has 0 aliphatic carbocycles. The summed E-state index contributed by atoms with van der Waals surface area (Å²) >= 11 is 0. The molecule has 0 unspecified atom stereocenters. The number of rotatable bonds is 8. The molecule has 1 aliphatic rings. The average Bonchev–Trinajstić information content (AvgIpc) is 2.76. The van der Waals surface area contributed by atoms with E-state index < -0.39 is 5.91 Å². The summed E-state index contributed by atoms with van der Waals surface area (Å²) in [5.74, 6) is -0.785. The first-order valence-electron chi connectivity index (χ1n) is 10.4. The van der Waals surface area contributed by atoms with Crippen molar-refractivity contribution in [3.05, 3.63) is 59.2 Å². The Kier molecular flexibility index (Phi) is 7.30. The molecule has 7 heteroatoms. The van der Waals surface area contributed by atoms with E-state index in [4.69, 9.17) is 10.8 Å². The van der Waals surface area contributed by atoms with Crippen molar-refractivity contribution in [2.24, 2.45) is 5.73 Å². The van der Waals surface area contributed by atoms with E-state index in [9.17, 15) is 9.59 Å². The normalized spacial score (nSPS) is 13.9. The molecule has 0 spiro atoms. The Morgan fingerprint density at radius 2 is 1.67 bits per heavy atom. The van der Waals surface area contributed by atoms with Gasteiger partial charge in [0.25, 0.3) is 11.8 Å². The number of aliphatic hydroxyl groups excluding tert-OH is 1. The summed E-state index contributed by atoms with van der Waals surface area (Å²) in [4.78, 5) is 29.0. The van der Waals surface area contributed by atoms with Gasteiger partial charge in [-0.05, 0) is 49.6 Å². The second-order valence-electron chi connectivity index (χ2n) is 7.54. The lowest BCUT2D eigenvalue weighted by Gasteiger charge is -2.38. The van der Waals surface area contributed by atoms with Crippen molar-refractivity contribution in [2.45, 2.75) is 19.8 Å². The number of nitrogens with two attached hydrogens (primary N) is 1. The number of benzene rings is 2. The lowest BCUT2D eigenvalue weighted by atomic mass is 10.0. The number of aliphatic hydroxyl groups is 1. The van der Waals surface area contributed by atoms with E-state index >= 15 is 0 Å². The number of primary amides is 1. The van der Waals surface area contributed by atoms with Gasteiger partial charge >= 0.3 is 0 Å². The van der Waals surface area contributed by atoms with Gasteiger partial charge in [-0.2, -0.15) is 0 Å². The molecule has 3 rings (SSSR count). The van der Waals surface area contributed by atoms with Gasteiger partial charge in [0.1, 0.15) is 0 Å². The Balaban J connectivity index is 1.69. The highest BCUT2D eigenvalue weighted by Gasteiger charge is 2.22. The van der Waals surface area contributed by atoms with Gasteiger partial charge in [-0.15, -0.1) is 0 Å². The van der Waals surface area contributed by atoms with Crippen LogP contribution in [0.2, 0.25) is 0 Å². The number of anilines is 2. The van der Waals surface area contributed by atoms with Gasteiger partial charge in [0.05, 0.1) is 5.56 Å². The largest absolute Gasteiger partial charge is 0.396 e. The summed E-state index contributed by atoms with van der Waals surface area (Å²) in [6, 6.07) is 13.5. The minimum Gasteiger partial charge on any atom is -0.396 e. The van der Waals surface area contributed by atoms with Crippen LogP contribution in [0.25, 0.3) is 0 Å². The van der Waals surface area contributed by atoms with Crippen LogP contribution in [0, 0.1) is 6.92 Å². The minimum atomic E-state index is -0.540. The molecule has 0 radical (unpaired) electrons. The molecule has 2 aromatic carbocycles. The second kappa shape index (κ2) is 10.1. The lowest BCUT2D eigenvalue weighted by molar-refractivity contribution is 0.0952. The highest BCUT2D eigenvalue weighted by molar-refractivity contribution is 6.03. The molecule has 30 heavy (non-hydrogen) atoms. The van der Waals surface area contributed by atoms with E-state index in [0.29, 0.717) is 30.5 Å². The van der Waals surface area contributed by atoms with Crippen LogP contribution in [-0.2, 0) is 0 Å². The summed E-state index contributed by atoms with van der Waals surface area (Å²) in [5.41, 5.74) is 9.66. The van der Waals surface area contributed by atoms with Crippen LogP contribution < -0.4 is 20.9 Å². The van der Waals surface area contributed by atoms with Crippen molar-refractivity contribution >= 4 is 23.2 Å². The number of aryl methyl sites for hydroxylation is 1. The van der Waals surface area contributed by atoms with E-state index in [-0.39, 0.29) is 12.5 Å². The third kappa shape index (κ3) is 5.10. The number of piperazine rings is 1. The standard InChI is InChI=1S/C23H30N4O3/c1-17-6-2-3-7-20(17)26-11-13-27(14-12-26)21-9-8-18(16-19(21)22(24)29)23(30)25-10-4-5-15-28/h2-3,6-9,16,28H,4-5,10-15H2,1H3,(H2,24,29)(H,25,30). The van der Waals surface area contributed by atoms with Crippen molar-refractivity contribution in [1.82, 2.24) is 5.32 Å². The first-order chi connectivity index (χ1) is 14.5. The van der Waals surface area contributed by atoms with Crippen LogP contribution in [0.4, 0.5) is 11.4 Å². The molecule has 0 atom stereocenters. The summed E-state index contributed by atoms with van der Waals surface area (Å²) in [7, 11) is 0. The summed E-state index contributed by atoms with van der Waals surface area (Å²) < 4.78 is 0. The van der Waals surface area contributed by atoms with Crippen LogP contribution in [0.5, 0.6) is 0 Å². The maximum Gasteiger partial charge on any atom is 0.251 e. The van der Waals surface area contributed by atoms with Crippen LogP contribution in [-0.4, -0.2) is 56.3 Å². The number of carbonyl (C=O) groups excluding carboxylic acids is 2. The molecular formula is C23H30N4O3. The predicted molar refractivity (Wildman–Crippen MR) is 119 cm³/mol. The highest BCUT2D eigenvalue weighted by atomic mass is 16.3. The molecule has 2 aromatic rings. The molecule has 0 saturated carbocycles. The maximum atomic E-state index is 12.4. The monoisotopic (exact) mass is 410 g/mol. The van der Waals surface area contributed by atoms with Crippen LogP contribution in [0.1, 0.15) is 39.1 Å². The Labute approximate surface area is 177 Å². The zero-order valence-electron chi connectivity index (χ0n) is 17.4. The van der Waals surface area contributed by atoms with Gasteiger partial charge in [0.2, 0.25) is 0 Å². The fourth-order valence-corrected chi connectivity index (χ4v) is 3.80. The number of hydrogen-bond acceptors (Lipinski definition) is 5. The summed E-state index contributed by atoms with van der Waals surface area (Å²) in [6.07, 6.45) is 1.34. The summed E-state index contributed by atoms with van der Waals surface area (Å²) in [5, 5.41) is 11.6. The highest BCUT2D eigenvalue weighted by Crippen LogP contribution is 2.26. The second-order valence-corrected chi connectivity index (χ2v) is 7.54. The Bertz CT molecular complexity index is 892. The molecule has 160 valence electrons. The molecule has 0 bridgehead atoms. The van der Waals surface area contributed by atoms with E-state index in [1.54, 1.807) is 12.1 Å². The smallest absolute Gasteiger partial charge is 0.251 e. The average molecular weight is 411 g/mol. The van der Waals surface area contributed by atoms with Gasteiger partial charge in [-0.1, -0.05) is 18.2 Å². The van der Waals surface area contributed by atoms with E-state index in [1.165, 1.54) is 11.3 Å². The Morgan fingerprint density at radius 3 is 2.30 bits per heavy atom. The van der Waals surface area contributed by atoms with Crippen LogP contribution >= 0.6 is 0 Å². The Hall–Kier alpha value is -3.06. The number of carbonyl (C=O) groups is 2. The van der Waals surface area contributed by atoms with Crippen LogP contribution in [0.3, 0.4) is 0 Å². The number of nitrogens with one attached hydrogen (secondary N) is 1.